The second-order valence-electron chi connectivity index (χ2n) is 9.42. The van der Waals surface area contributed by atoms with E-state index in [2.05, 4.69) is 32.5 Å². The lowest BCUT2D eigenvalue weighted by atomic mass is 9.99. The summed E-state index contributed by atoms with van der Waals surface area (Å²) >= 11 is 0. The maximum Gasteiger partial charge on any atom is 0.243 e. The predicted octanol–water partition coefficient (Wildman–Crippen LogP) is 0.777. The summed E-state index contributed by atoms with van der Waals surface area (Å²) in [6, 6.07) is 5.08. The van der Waals surface area contributed by atoms with E-state index in [4.69, 9.17) is 0 Å². The molecule has 1 atom stereocenters. The molecule has 1 aromatic heterocycles. The van der Waals surface area contributed by atoms with Gasteiger partial charge in [0.2, 0.25) is 15.9 Å². The van der Waals surface area contributed by atoms with E-state index in [1.807, 2.05) is 13.8 Å². The van der Waals surface area contributed by atoms with E-state index in [1.54, 1.807) is 22.9 Å². The van der Waals surface area contributed by atoms with Gasteiger partial charge in [-0.3, -0.25) is 9.69 Å². The predicted molar refractivity (Wildman–Crippen MR) is 126 cm³/mol. The van der Waals surface area contributed by atoms with Crippen LogP contribution < -0.4 is 5.32 Å². The molecule has 10 nitrogen and oxygen atoms in total. The lowest BCUT2D eigenvalue weighted by molar-refractivity contribution is -0.126. The van der Waals surface area contributed by atoms with E-state index in [0.29, 0.717) is 31.4 Å². The van der Waals surface area contributed by atoms with Gasteiger partial charge in [-0.05, 0) is 51.9 Å². The first-order valence-electron chi connectivity index (χ1n) is 11.8. The quantitative estimate of drug-likeness (QED) is 0.628. The van der Waals surface area contributed by atoms with Crippen LogP contribution in [0.4, 0.5) is 0 Å². The molecule has 0 saturated carbocycles. The average Bonchev–Trinajstić information content (AvgIpc) is 3.24. The Labute approximate surface area is 195 Å². The van der Waals surface area contributed by atoms with Crippen molar-refractivity contribution in [1.82, 2.24) is 34.4 Å². The smallest absolute Gasteiger partial charge is 0.243 e. The van der Waals surface area contributed by atoms with Gasteiger partial charge >= 0.3 is 0 Å². The van der Waals surface area contributed by atoms with Gasteiger partial charge < -0.3 is 10.2 Å². The van der Waals surface area contributed by atoms with Crippen molar-refractivity contribution in [3.63, 3.8) is 0 Å². The second kappa shape index (κ2) is 10.0. The van der Waals surface area contributed by atoms with Crippen LogP contribution in [0.25, 0.3) is 11.0 Å². The molecule has 4 rings (SSSR count). The molecule has 2 aromatic rings. The summed E-state index contributed by atoms with van der Waals surface area (Å²) in [5.41, 5.74) is 1.36. The molecule has 0 radical (unpaired) electrons. The zero-order valence-corrected chi connectivity index (χ0v) is 20.6. The Hall–Kier alpha value is -2.08. The fraction of sp³-hybridized carbons (Fsp3) is 0.682. The third-order valence-electron chi connectivity index (χ3n) is 6.65. The molecular weight excluding hydrogens is 442 g/mol. The van der Waals surface area contributed by atoms with Crippen molar-refractivity contribution in [2.45, 2.75) is 37.6 Å². The molecule has 33 heavy (non-hydrogen) atoms. The van der Waals surface area contributed by atoms with Crippen LogP contribution in [0.5, 0.6) is 0 Å². The van der Waals surface area contributed by atoms with Gasteiger partial charge in [-0.1, -0.05) is 5.21 Å². The number of hydrogen-bond donors (Lipinski definition) is 1. The summed E-state index contributed by atoms with van der Waals surface area (Å²) in [5, 5.41) is 11.3. The Morgan fingerprint density at radius 3 is 2.67 bits per heavy atom. The zero-order chi connectivity index (χ0) is 23.6. The van der Waals surface area contributed by atoms with Crippen molar-refractivity contribution < 1.29 is 13.2 Å². The van der Waals surface area contributed by atoms with Gasteiger partial charge in [-0.15, -0.1) is 5.10 Å². The summed E-state index contributed by atoms with van der Waals surface area (Å²) in [7, 11) is -1.59. The normalized spacial score (nSPS) is 21.6. The standard InChI is InChI=1S/C22H35N7O3S/c1-17(2)29-21-7-6-19(15-20(21)24-25-29)33(31,32)28-9-4-5-18(16-28)22(30)23-8-10-27-13-11-26(3)12-14-27/h6-7,15,17-18H,4-5,8-14,16H2,1-3H3,(H,23,30). The number of fused-ring (bicyclic) bond motifs is 1. The number of rotatable bonds is 7. The molecular formula is C22H35N7O3S. The number of aromatic nitrogens is 3. The second-order valence-corrected chi connectivity index (χ2v) is 11.4. The minimum atomic E-state index is -3.71. The van der Waals surface area contributed by atoms with Gasteiger partial charge in [0.25, 0.3) is 0 Å². The summed E-state index contributed by atoms with van der Waals surface area (Å²) in [4.78, 5) is 17.6. The van der Waals surface area contributed by atoms with Gasteiger partial charge in [-0.25, -0.2) is 13.1 Å². The Morgan fingerprint density at radius 1 is 1.18 bits per heavy atom. The number of carbonyl (C=O) groups is 1. The van der Waals surface area contributed by atoms with Crippen molar-refractivity contribution in [2.24, 2.45) is 5.92 Å². The van der Waals surface area contributed by atoms with Crippen molar-refractivity contribution in [2.75, 3.05) is 59.4 Å². The Balaban J connectivity index is 1.37. The molecule has 1 N–H and O–H groups in total. The van der Waals surface area contributed by atoms with Crippen LogP contribution >= 0.6 is 0 Å². The zero-order valence-electron chi connectivity index (χ0n) is 19.8. The summed E-state index contributed by atoms with van der Waals surface area (Å²) in [6.07, 6.45) is 1.37. The van der Waals surface area contributed by atoms with E-state index in [-0.39, 0.29) is 29.3 Å². The summed E-state index contributed by atoms with van der Waals surface area (Å²) in [6.45, 7) is 10.2. The highest BCUT2D eigenvalue weighted by Gasteiger charge is 2.33. The molecule has 1 unspecified atom stereocenters. The van der Waals surface area contributed by atoms with E-state index >= 15 is 0 Å². The van der Waals surface area contributed by atoms with E-state index in [1.165, 1.54) is 4.31 Å². The minimum absolute atomic E-state index is 0.0562. The molecule has 0 bridgehead atoms. The Bertz CT molecular complexity index is 1080. The fourth-order valence-corrected chi connectivity index (χ4v) is 6.08. The number of hydrogen-bond acceptors (Lipinski definition) is 7. The molecule has 2 aliphatic heterocycles. The van der Waals surface area contributed by atoms with Gasteiger partial charge in [-0.2, -0.15) is 4.31 Å². The van der Waals surface area contributed by atoms with E-state index in [0.717, 1.165) is 38.2 Å². The largest absolute Gasteiger partial charge is 0.355 e. The molecule has 2 aliphatic rings. The van der Waals surface area contributed by atoms with Crippen LogP contribution in [-0.4, -0.2) is 103 Å². The Morgan fingerprint density at radius 2 is 1.94 bits per heavy atom. The SMILES string of the molecule is CC(C)n1nnc2cc(S(=O)(=O)N3CCCC(C(=O)NCCN4CCN(C)CC4)C3)ccc21. The van der Waals surface area contributed by atoms with E-state index in [9.17, 15) is 13.2 Å². The minimum Gasteiger partial charge on any atom is -0.355 e. The number of nitrogens with one attached hydrogen (secondary N) is 1. The first kappa shape index (κ1) is 24.1. The summed E-state index contributed by atoms with van der Waals surface area (Å²) in [5.74, 6) is -0.383. The van der Waals surface area contributed by atoms with Crippen LogP contribution in [0, 0.1) is 5.92 Å². The highest BCUT2D eigenvalue weighted by molar-refractivity contribution is 7.89. The fourth-order valence-electron chi connectivity index (χ4n) is 4.54. The van der Waals surface area contributed by atoms with Crippen molar-refractivity contribution in [3.05, 3.63) is 18.2 Å². The third kappa shape index (κ3) is 5.37. The highest BCUT2D eigenvalue weighted by Crippen LogP contribution is 2.26. The van der Waals surface area contributed by atoms with Gasteiger partial charge in [0.05, 0.1) is 16.3 Å². The van der Waals surface area contributed by atoms with Gasteiger partial charge in [0.1, 0.15) is 5.52 Å². The molecule has 0 aliphatic carbocycles. The molecule has 0 spiro atoms. The van der Waals surface area contributed by atoms with Gasteiger partial charge in [0.15, 0.2) is 0 Å². The van der Waals surface area contributed by atoms with Crippen LogP contribution in [0.3, 0.4) is 0 Å². The average molecular weight is 478 g/mol. The lowest BCUT2D eigenvalue weighted by Crippen LogP contribution is -2.49. The lowest BCUT2D eigenvalue weighted by Gasteiger charge is -2.33. The van der Waals surface area contributed by atoms with E-state index < -0.39 is 10.0 Å². The first-order valence-corrected chi connectivity index (χ1v) is 13.2. The monoisotopic (exact) mass is 477 g/mol. The molecule has 182 valence electrons. The molecule has 11 heteroatoms. The topological polar surface area (TPSA) is 104 Å². The van der Waals surface area contributed by atoms with Crippen molar-refractivity contribution >= 4 is 27.0 Å². The maximum absolute atomic E-state index is 13.3. The number of sulfonamides is 1. The number of piperidine rings is 1. The number of amides is 1. The highest BCUT2D eigenvalue weighted by atomic mass is 32.2. The molecule has 1 aromatic carbocycles. The van der Waals surface area contributed by atoms with Gasteiger partial charge in [0, 0.05) is 58.4 Å². The molecule has 2 fully saturated rings. The number of piperazine rings is 1. The van der Waals surface area contributed by atoms with Crippen molar-refractivity contribution in [1.29, 1.82) is 0 Å². The number of likely N-dealkylation sites (N-methyl/N-ethyl adjacent to an activating group) is 1. The first-order chi connectivity index (χ1) is 15.8. The molecule has 1 amide bonds. The number of nitrogens with zero attached hydrogens (tertiary/aromatic N) is 6. The van der Waals surface area contributed by atoms with Crippen LogP contribution in [0.1, 0.15) is 32.7 Å². The number of carbonyl (C=O) groups excluding carboxylic acids is 1. The third-order valence-corrected chi connectivity index (χ3v) is 8.51. The van der Waals surface area contributed by atoms with Crippen LogP contribution in [0.2, 0.25) is 0 Å². The van der Waals surface area contributed by atoms with Crippen molar-refractivity contribution in [3.8, 4) is 0 Å². The van der Waals surface area contributed by atoms with Crippen LogP contribution in [0.15, 0.2) is 23.1 Å². The number of benzene rings is 1. The summed E-state index contributed by atoms with van der Waals surface area (Å²) < 4.78 is 29.8. The maximum atomic E-state index is 13.3. The molecule has 2 saturated heterocycles. The molecule has 3 heterocycles. The van der Waals surface area contributed by atoms with Crippen LogP contribution in [-0.2, 0) is 14.8 Å². The Kier molecular flexibility index (Phi) is 7.32.